The van der Waals surface area contributed by atoms with E-state index in [0.29, 0.717) is 0 Å². The second-order valence-corrected chi connectivity index (χ2v) is 8.92. The lowest BCUT2D eigenvalue weighted by molar-refractivity contribution is 0.633. The van der Waals surface area contributed by atoms with Gasteiger partial charge >= 0.3 is 0 Å². The first-order valence-electron chi connectivity index (χ1n) is 11.2. The minimum absolute atomic E-state index is 0.115. The number of nitrogens with zero attached hydrogens (tertiary/aromatic N) is 1. The number of aromatic amines is 1. The predicted octanol–water partition coefficient (Wildman–Crippen LogP) is 8.36. The molecule has 0 radical (unpaired) electrons. The molecule has 0 fully saturated rings. The fourth-order valence-electron chi connectivity index (χ4n) is 4.68. The van der Waals surface area contributed by atoms with Crippen molar-refractivity contribution in [2.45, 2.75) is 33.1 Å². The van der Waals surface area contributed by atoms with E-state index in [-0.39, 0.29) is 5.41 Å². The third-order valence-corrected chi connectivity index (χ3v) is 6.60. The highest BCUT2D eigenvalue weighted by Gasteiger charge is 2.26. The molecule has 0 aliphatic heterocycles. The Labute approximate surface area is 191 Å². The van der Waals surface area contributed by atoms with Crippen molar-refractivity contribution < 1.29 is 0 Å². The fraction of sp³-hybridized carbons (Fsp3) is 0.200. The zero-order valence-corrected chi connectivity index (χ0v) is 19.7. The van der Waals surface area contributed by atoms with Crippen molar-refractivity contribution in [3.63, 3.8) is 0 Å². The first-order valence-corrected chi connectivity index (χ1v) is 11.2. The summed E-state index contributed by atoms with van der Waals surface area (Å²) < 4.78 is 0. The van der Waals surface area contributed by atoms with Gasteiger partial charge in [0.25, 0.3) is 0 Å². The van der Waals surface area contributed by atoms with Gasteiger partial charge in [0.05, 0.1) is 0 Å². The van der Waals surface area contributed by atoms with Gasteiger partial charge in [0.1, 0.15) is 0 Å². The number of benzene rings is 3. The molecular weight excluding hydrogens is 388 g/mol. The second kappa shape index (κ2) is 8.55. The number of nitrogens with one attached hydrogen (secondary N) is 1. The Kier molecular flexibility index (Phi) is 5.80. The summed E-state index contributed by atoms with van der Waals surface area (Å²) in [6.45, 7) is 12.7. The molecule has 0 aliphatic rings. The average Bonchev–Trinajstić information content (AvgIpc) is 3.17. The van der Waals surface area contributed by atoms with Crippen LogP contribution in [0.3, 0.4) is 0 Å². The fourth-order valence-corrected chi connectivity index (χ4v) is 4.68. The summed E-state index contributed by atoms with van der Waals surface area (Å²) in [7, 11) is 2.14. The van der Waals surface area contributed by atoms with Crippen LogP contribution in [0, 0.1) is 6.92 Å². The molecule has 1 heterocycles. The molecular formula is C30H32N2. The summed E-state index contributed by atoms with van der Waals surface area (Å²) in [5, 5.41) is 2.51. The van der Waals surface area contributed by atoms with Crippen LogP contribution in [0.4, 0.5) is 11.4 Å². The molecule has 2 heteroatoms. The van der Waals surface area contributed by atoms with Gasteiger partial charge in [-0.3, -0.25) is 0 Å². The number of hydrogen-bond donors (Lipinski definition) is 1. The third kappa shape index (κ3) is 3.78. The molecule has 32 heavy (non-hydrogen) atoms. The molecule has 4 rings (SSSR count). The van der Waals surface area contributed by atoms with Gasteiger partial charge in [-0.2, -0.15) is 0 Å². The van der Waals surface area contributed by atoms with Crippen LogP contribution in [-0.2, 0) is 5.41 Å². The lowest BCUT2D eigenvalue weighted by Crippen LogP contribution is -2.21. The van der Waals surface area contributed by atoms with Crippen molar-refractivity contribution >= 4 is 33.2 Å². The first-order chi connectivity index (χ1) is 15.4. The van der Waals surface area contributed by atoms with E-state index in [2.05, 4.69) is 124 Å². The number of anilines is 2. The lowest BCUT2D eigenvalue weighted by Gasteiger charge is -2.31. The quantitative estimate of drug-likeness (QED) is 0.310. The van der Waals surface area contributed by atoms with Crippen LogP contribution in [-0.4, -0.2) is 12.0 Å². The van der Waals surface area contributed by atoms with E-state index in [1.807, 2.05) is 12.2 Å². The maximum atomic E-state index is 3.82. The molecule has 162 valence electrons. The summed E-state index contributed by atoms with van der Waals surface area (Å²) >= 11 is 0. The molecule has 0 saturated heterocycles. The number of aryl methyl sites for hydroxylation is 1. The Hall–Kier alpha value is -3.52. The minimum atomic E-state index is -0.115. The molecule has 0 amide bonds. The number of allylic oxidation sites excluding steroid dienone is 5. The lowest BCUT2D eigenvalue weighted by atomic mass is 9.75. The smallest absolute Gasteiger partial charge is 0.0466 e. The van der Waals surface area contributed by atoms with E-state index in [0.717, 1.165) is 0 Å². The van der Waals surface area contributed by atoms with Gasteiger partial charge in [0.15, 0.2) is 0 Å². The molecule has 0 aliphatic carbocycles. The molecule has 0 saturated carbocycles. The largest absolute Gasteiger partial charge is 0.355 e. The third-order valence-electron chi connectivity index (χ3n) is 6.60. The monoisotopic (exact) mass is 420 g/mol. The maximum Gasteiger partial charge on any atom is 0.0466 e. The minimum Gasteiger partial charge on any atom is -0.355 e. The van der Waals surface area contributed by atoms with Crippen molar-refractivity contribution in [1.82, 2.24) is 4.98 Å². The van der Waals surface area contributed by atoms with Crippen LogP contribution in [0.5, 0.6) is 0 Å². The van der Waals surface area contributed by atoms with Crippen molar-refractivity contribution in [2.24, 2.45) is 0 Å². The summed E-state index contributed by atoms with van der Waals surface area (Å²) in [6, 6.07) is 21.9. The first kappa shape index (κ1) is 21.7. The molecule has 2 nitrogen and oxygen atoms in total. The molecule has 3 aromatic carbocycles. The van der Waals surface area contributed by atoms with Crippen LogP contribution in [0.15, 0.2) is 97.1 Å². The standard InChI is InChI=1S/C30H32N2/c1-7-9-12-22(8-2)30(4,5)27-20-24(16-15-21(27)3)32(6)23-17-18-29-26(19-23)25-13-10-11-14-28(25)31-29/h7-20,31H,1H2,2-6H3/b12-9-,22-8+. The SMILES string of the molecule is C=C/C=C\C(=C/C)C(C)(C)c1cc(N(C)c2ccc3[nH]c4ccccc4c3c2)ccc1C. The molecule has 4 aromatic rings. The van der Waals surface area contributed by atoms with Crippen molar-refractivity contribution in [2.75, 3.05) is 11.9 Å². The Morgan fingerprint density at radius 3 is 2.38 bits per heavy atom. The van der Waals surface area contributed by atoms with E-state index >= 15 is 0 Å². The highest BCUT2D eigenvalue weighted by molar-refractivity contribution is 6.08. The molecule has 0 atom stereocenters. The van der Waals surface area contributed by atoms with Crippen LogP contribution in [0.1, 0.15) is 31.9 Å². The molecule has 1 aromatic heterocycles. The number of H-pyrrole nitrogens is 1. The van der Waals surface area contributed by atoms with Gasteiger partial charge in [-0.25, -0.2) is 0 Å². The summed E-state index contributed by atoms with van der Waals surface area (Å²) in [4.78, 5) is 5.79. The zero-order chi connectivity index (χ0) is 22.9. The maximum absolute atomic E-state index is 3.82. The zero-order valence-electron chi connectivity index (χ0n) is 19.7. The molecule has 0 bridgehead atoms. The predicted molar refractivity (Wildman–Crippen MR) is 141 cm³/mol. The van der Waals surface area contributed by atoms with Crippen LogP contribution in [0.2, 0.25) is 0 Å². The van der Waals surface area contributed by atoms with Crippen molar-refractivity contribution in [3.05, 3.63) is 108 Å². The van der Waals surface area contributed by atoms with Crippen LogP contribution in [0.25, 0.3) is 21.8 Å². The number of aromatic nitrogens is 1. The van der Waals surface area contributed by atoms with Gasteiger partial charge in [-0.05, 0) is 66.9 Å². The van der Waals surface area contributed by atoms with Crippen molar-refractivity contribution in [1.29, 1.82) is 0 Å². The Morgan fingerprint density at radius 2 is 1.62 bits per heavy atom. The van der Waals surface area contributed by atoms with Gasteiger partial charge < -0.3 is 9.88 Å². The van der Waals surface area contributed by atoms with Crippen LogP contribution < -0.4 is 4.90 Å². The number of para-hydroxylation sites is 1. The summed E-state index contributed by atoms with van der Waals surface area (Å²) in [5.41, 5.74) is 8.49. The topological polar surface area (TPSA) is 19.0 Å². The van der Waals surface area contributed by atoms with E-state index in [1.165, 1.54) is 49.9 Å². The summed E-state index contributed by atoms with van der Waals surface area (Å²) in [6.07, 6.45) is 8.20. The second-order valence-electron chi connectivity index (χ2n) is 8.92. The van der Waals surface area contributed by atoms with Gasteiger partial charge in [0, 0.05) is 45.6 Å². The molecule has 1 N–H and O–H groups in total. The van der Waals surface area contributed by atoms with E-state index in [1.54, 1.807) is 0 Å². The number of hydrogen-bond acceptors (Lipinski definition) is 1. The van der Waals surface area contributed by atoms with Gasteiger partial charge in [-0.1, -0.05) is 69.0 Å². The highest BCUT2D eigenvalue weighted by atomic mass is 15.1. The van der Waals surface area contributed by atoms with Crippen molar-refractivity contribution in [3.8, 4) is 0 Å². The Balaban J connectivity index is 1.77. The van der Waals surface area contributed by atoms with Gasteiger partial charge in [0.2, 0.25) is 0 Å². The Bertz CT molecular complexity index is 1350. The van der Waals surface area contributed by atoms with E-state index in [4.69, 9.17) is 0 Å². The van der Waals surface area contributed by atoms with Crippen LogP contribution >= 0.6 is 0 Å². The summed E-state index contributed by atoms with van der Waals surface area (Å²) in [5.74, 6) is 0. The van der Waals surface area contributed by atoms with E-state index < -0.39 is 0 Å². The number of fused-ring (bicyclic) bond motifs is 3. The number of rotatable bonds is 6. The molecule has 0 unspecified atom stereocenters. The average molecular weight is 421 g/mol. The normalized spacial score (nSPS) is 12.7. The molecule has 0 spiro atoms. The van der Waals surface area contributed by atoms with E-state index in [9.17, 15) is 0 Å². The highest BCUT2D eigenvalue weighted by Crippen LogP contribution is 2.38. The Morgan fingerprint density at radius 1 is 0.938 bits per heavy atom. The van der Waals surface area contributed by atoms with Gasteiger partial charge in [-0.15, -0.1) is 0 Å².